The molecule has 1 fully saturated rings. The second kappa shape index (κ2) is 5.55. The number of carboxylic acid groups (broad SMARTS) is 1. The molecule has 1 aromatic carbocycles. The number of hydrogen-bond donors (Lipinski definition) is 1. The molecule has 0 aromatic heterocycles. The van der Waals surface area contributed by atoms with E-state index in [4.69, 9.17) is 19.2 Å². The lowest BCUT2D eigenvalue weighted by atomic mass is 9.78. The van der Waals surface area contributed by atoms with Gasteiger partial charge in [-0.05, 0) is 40.7 Å². The van der Waals surface area contributed by atoms with Crippen LogP contribution in [-0.4, -0.2) is 36.0 Å². The standard InChI is InChI=1S/C15H20BFO5/c1-6-20-12-9(13(18)19)7-8-10(11(12)17)16-21-14(2,3)15(4,5)22-16/h7-8H,6H2,1-5H3,(H,18,19). The predicted molar refractivity (Wildman–Crippen MR) is 80.2 cm³/mol. The van der Waals surface area contributed by atoms with Crippen molar-refractivity contribution in [1.82, 2.24) is 0 Å². The minimum Gasteiger partial charge on any atom is -0.490 e. The zero-order valence-electron chi connectivity index (χ0n) is 13.4. The number of aromatic carboxylic acids is 1. The zero-order valence-corrected chi connectivity index (χ0v) is 13.4. The highest BCUT2D eigenvalue weighted by atomic mass is 19.1. The molecule has 0 saturated carbocycles. The van der Waals surface area contributed by atoms with E-state index in [-0.39, 0.29) is 23.4 Å². The number of rotatable bonds is 4. The second-order valence-electron chi connectivity index (χ2n) is 6.17. The molecule has 1 aromatic rings. The van der Waals surface area contributed by atoms with Crippen LogP contribution in [0.3, 0.4) is 0 Å². The Hall–Kier alpha value is -1.60. The van der Waals surface area contributed by atoms with Gasteiger partial charge in [0.05, 0.1) is 17.8 Å². The Balaban J connectivity index is 2.46. The van der Waals surface area contributed by atoms with Crippen molar-refractivity contribution in [2.75, 3.05) is 6.61 Å². The van der Waals surface area contributed by atoms with E-state index < -0.39 is 30.1 Å². The first-order chi connectivity index (χ1) is 10.1. The van der Waals surface area contributed by atoms with Gasteiger partial charge in [-0.25, -0.2) is 9.18 Å². The average molecular weight is 310 g/mol. The van der Waals surface area contributed by atoms with Crippen molar-refractivity contribution in [3.8, 4) is 5.75 Å². The zero-order chi connectivity index (χ0) is 16.7. The van der Waals surface area contributed by atoms with Crippen LogP contribution in [0.1, 0.15) is 45.0 Å². The number of carbonyl (C=O) groups is 1. The van der Waals surface area contributed by atoms with Gasteiger partial charge < -0.3 is 19.2 Å². The molecule has 1 N–H and O–H groups in total. The summed E-state index contributed by atoms with van der Waals surface area (Å²) in [5, 5.41) is 9.13. The van der Waals surface area contributed by atoms with Gasteiger partial charge in [0.2, 0.25) is 0 Å². The molecule has 120 valence electrons. The minimum absolute atomic E-state index is 0.132. The molecule has 5 nitrogen and oxygen atoms in total. The highest BCUT2D eigenvalue weighted by molar-refractivity contribution is 6.62. The first-order valence-corrected chi connectivity index (χ1v) is 7.15. The Morgan fingerprint density at radius 2 is 1.82 bits per heavy atom. The lowest BCUT2D eigenvalue weighted by Gasteiger charge is -2.32. The van der Waals surface area contributed by atoms with Crippen molar-refractivity contribution >= 4 is 18.6 Å². The van der Waals surface area contributed by atoms with E-state index in [9.17, 15) is 9.18 Å². The Kier molecular flexibility index (Phi) is 4.23. The van der Waals surface area contributed by atoms with E-state index in [2.05, 4.69) is 0 Å². The van der Waals surface area contributed by atoms with Crippen molar-refractivity contribution in [3.05, 3.63) is 23.5 Å². The Morgan fingerprint density at radius 3 is 2.27 bits per heavy atom. The molecule has 7 heteroatoms. The third-order valence-electron chi connectivity index (χ3n) is 4.15. The van der Waals surface area contributed by atoms with Crippen molar-refractivity contribution in [1.29, 1.82) is 0 Å². The fraction of sp³-hybridized carbons (Fsp3) is 0.533. The average Bonchev–Trinajstić information content (AvgIpc) is 2.60. The predicted octanol–water partition coefficient (Wildman–Crippen LogP) is 2.22. The number of benzene rings is 1. The molecule has 0 amide bonds. The van der Waals surface area contributed by atoms with Crippen LogP contribution in [0.5, 0.6) is 5.75 Å². The van der Waals surface area contributed by atoms with Gasteiger partial charge in [0.1, 0.15) is 5.56 Å². The molecule has 2 rings (SSSR count). The van der Waals surface area contributed by atoms with E-state index in [1.54, 1.807) is 6.92 Å². The third-order valence-corrected chi connectivity index (χ3v) is 4.15. The molecule has 22 heavy (non-hydrogen) atoms. The van der Waals surface area contributed by atoms with Crippen LogP contribution in [0.25, 0.3) is 0 Å². The molecule has 1 saturated heterocycles. The van der Waals surface area contributed by atoms with Gasteiger partial charge in [-0.1, -0.05) is 6.07 Å². The van der Waals surface area contributed by atoms with Gasteiger partial charge in [0.25, 0.3) is 0 Å². The Bertz CT molecular complexity index is 584. The number of carboxylic acids is 1. The van der Waals surface area contributed by atoms with Crippen LogP contribution in [0.2, 0.25) is 0 Å². The van der Waals surface area contributed by atoms with Gasteiger partial charge in [-0.15, -0.1) is 0 Å². The molecule has 1 aliphatic heterocycles. The number of ether oxygens (including phenoxy) is 1. The SMILES string of the molecule is CCOc1c(C(=O)O)ccc(B2OC(C)(C)C(C)(C)O2)c1F. The van der Waals surface area contributed by atoms with Crippen molar-refractivity contribution < 1.29 is 28.3 Å². The summed E-state index contributed by atoms with van der Waals surface area (Å²) in [6.07, 6.45) is 0. The largest absolute Gasteiger partial charge is 0.498 e. The fourth-order valence-corrected chi connectivity index (χ4v) is 2.18. The first kappa shape index (κ1) is 16.8. The first-order valence-electron chi connectivity index (χ1n) is 7.15. The molecule has 0 spiro atoms. The van der Waals surface area contributed by atoms with Crippen LogP contribution in [0, 0.1) is 5.82 Å². The highest BCUT2D eigenvalue weighted by Gasteiger charge is 2.52. The maximum absolute atomic E-state index is 14.7. The number of halogens is 1. The van der Waals surface area contributed by atoms with Gasteiger partial charge >= 0.3 is 13.1 Å². The Labute approximate surface area is 129 Å². The topological polar surface area (TPSA) is 65.0 Å². The van der Waals surface area contributed by atoms with E-state index in [1.165, 1.54) is 12.1 Å². The molecule has 0 aliphatic carbocycles. The lowest BCUT2D eigenvalue weighted by Crippen LogP contribution is -2.41. The molecular weight excluding hydrogens is 290 g/mol. The van der Waals surface area contributed by atoms with E-state index >= 15 is 0 Å². The summed E-state index contributed by atoms with van der Waals surface area (Å²) in [5.74, 6) is -2.30. The Morgan fingerprint density at radius 1 is 1.27 bits per heavy atom. The van der Waals surface area contributed by atoms with E-state index in [0.29, 0.717) is 0 Å². The number of hydrogen-bond acceptors (Lipinski definition) is 4. The monoisotopic (exact) mass is 310 g/mol. The molecule has 1 aliphatic rings. The summed E-state index contributed by atoms with van der Waals surface area (Å²) < 4.78 is 31.5. The quantitative estimate of drug-likeness (QED) is 0.864. The molecule has 0 atom stereocenters. The summed E-state index contributed by atoms with van der Waals surface area (Å²) in [4.78, 5) is 11.2. The molecule has 0 unspecified atom stereocenters. The summed E-state index contributed by atoms with van der Waals surface area (Å²) in [5.41, 5.74) is -1.31. The summed E-state index contributed by atoms with van der Waals surface area (Å²) in [6.45, 7) is 9.26. The van der Waals surface area contributed by atoms with Gasteiger partial charge in [0.15, 0.2) is 11.6 Å². The highest BCUT2D eigenvalue weighted by Crippen LogP contribution is 2.37. The van der Waals surface area contributed by atoms with Crippen molar-refractivity contribution in [3.63, 3.8) is 0 Å². The van der Waals surface area contributed by atoms with Crippen LogP contribution in [-0.2, 0) is 9.31 Å². The maximum atomic E-state index is 14.7. The van der Waals surface area contributed by atoms with Gasteiger partial charge in [-0.3, -0.25) is 0 Å². The molecule has 1 heterocycles. The van der Waals surface area contributed by atoms with Crippen molar-refractivity contribution in [2.24, 2.45) is 0 Å². The maximum Gasteiger partial charge on any atom is 0.498 e. The van der Waals surface area contributed by atoms with Gasteiger partial charge in [0, 0.05) is 5.46 Å². The second-order valence-corrected chi connectivity index (χ2v) is 6.17. The minimum atomic E-state index is -1.25. The smallest absolute Gasteiger partial charge is 0.490 e. The fourth-order valence-electron chi connectivity index (χ4n) is 2.18. The molecule has 0 radical (unpaired) electrons. The summed E-state index contributed by atoms with van der Waals surface area (Å²) >= 11 is 0. The lowest BCUT2D eigenvalue weighted by molar-refractivity contribution is 0.00578. The summed E-state index contributed by atoms with van der Waals surface area (Å²) in [7, 11) is -0.910. The van der Waals surface area contributed by atoms with Crippen LogP contribution < -0.4 is 10.2 Å². The van der Waals surface area contributed by atoms with E-state index in [1.807, 2.05) is 27.7 Å². The molecule has 0 bridgehead atoms. The van der Waals surface area contributed by atoms with Crippen LogP contribution in [0.15, 0.2) is 12.1 Å². The van der Waals surface area contributed by atoms with Crippen LogP contribution >= 0.6 is 0 Å². The van der Waals surface area contributed by atoms with Gasteiger partial charge in [-0.2, -0.15) is 0 Å². The van der Waals surface area contributed by atoms with Crippen LogP contribution in [0.4, 0.5) is 4.39 Å². The van der Waals surface area contributed by atoms with Crippen molar-refractivity contribution in [2.45, 2.75) is 45.8 Å². The third kappa shape index (κ3) is 2.70. The summed E-state index contributed by atoms with van der Waals surface area (Å²) in [6, 6.07) is 2.67. The van der Waals surface area contributed by atoms with E-state index in [0.717, 1.165) is 0 Å². The normalized spacial score (nSPS) is 19.3. The molecular formula is C15H20BFO5.